The first-order valence-corrected chi connectivity index (χ1v) is 9.70. The van der Waals surface area contributed by atoms with E-state index in [4.69, 9.17) is 4.74 Å². The lowest BCUT2D eigenvalue weighted by Gasteiger charge is -2.35. The van der Waals surface area contributed by atoms with E-state index in [-0.39, 0.29) is 11.6 Å². The third-order valence-corrected chi connectivity index (χ3v) is 6.18. The van der Waals surface area contributed by atoms with Crippen molar-refractivity contribution in [2.75, 3.05) is 38.2 Å². The van der Waals surface area contributed by atoms with Crippen LogP contribution in [0.1, 0.15) is 5.56 Å². The average Bonchev–Trinajstić information content (AvgIpc) is 2.64. The lowest BCUT2D eigenvalue weighted by atomic mass is 10.2. The highest BCUT2D eigenvalue weighted by Crippen LogP contribution is 2.22. The Balaban J connectivity index is 1.61. The van der Waals surface area contributed by atoms with Gasteiger partial charge in [0.2, 0.25) is 10.0 Å². The Morgan fingerprint density at radius 3 is 2.12 bits per heavy atom. The van der Waals surface area contributed by atoms with Crippen LogP contribution < -0.4 is 9.64 Å². The molecule has 25 heavy (non-hydrogen) atoms. The first-order valence-electron chi connectivity index (χ1n) is 8.09. The van der Waals surface area contributed by atoms with Crippen molar-refractivity contribution in [1.29, 1.82) is 0 Å². The maximum atomic E-state index is 13.0. The fourth-order valence-corrected chi connectivity index (χ4v) is 4.42. The van der Waals surface area contributed by atoms with Gasteiger partial charge in [-0.2, -0.15) is 4.31 Å². The van der Waals surface area contributed by atoms with Crippen LogP contribution in [0.3, 0.4) is 0 Å². The van der Waals surface area contributed by atoms with Crippen LogP contribution in [-0.2, 0) is 15.8 Å². The number of methoxy groups -OCH3 is 1. The van der Waals surface area contributed by atoms with Gasteiger partial charge in [0.25, 0.3) is 0 Å². The van der Waals surface area contributed by atoms with Crippen LogP contribution >= 0.6 is 0 Å². The molecule has 1 aliphatic heterocycles. The number of nitrogens with zero attached hydrogens (tertiary/aromatic N) is 2. The van der Waals surface area contributed by atoms with Gasteiger partial charge in [-0.05, 0) is 42.0 Å². The van der Waals surface area contributed by atoms with Crippen molar-refractivity contribution in [1.82, 2.24) is 4.31 Å². The van der Waals surface area contributed by atoms with Crippen LogP contribution in [0.15, 0.2) is 48.5 Å². The van der Waals surface area contributed by atoms with Crippen LogP contribution in [0.5, 0.6) is 5.75 Å². The van der Waals surface area contributed by atoms with E-state index < -0.39 is 10.0 Å². The number of piperazine rings is 1. The zero-order valence-corrected chi connectivity index (χ0v) is 14.9. The second-order valence-electron chi connectivity index (χ2n) is 5.97. The highest BCUT2D eigenvalue weighted by Gasteiger charge is 2.27. The normalized spacial score (nSPS) is 16.0. The Kier molecular flexibility index (Phi) is 5.24. The molecule has 1 saturated heterocycles. The van der Waals surface area contributed by atoms with Gasteiger partial charge >= 0.3 is 0 Å². The minimum atomic E-state index is -3.40. The molecule has 0 radical (unpaired) electrons. The van der Waals surface area contributed by atoms with Crippen LogP contribution in [0, 0.1) is 5.82 Å². The Morgan fingerprint density at radius 1 is 0.960 bits per heavy atom. The molecule has 0 amide bonds. The number of halogens is 1. The summed E-state index contributed by atoms with van der Waals surface area (Å²) in [5.41, 5.74) is 1.65. The number of hydrogen-bond donors (Lipinski definition) is 0. The molecule has 0 spiro atoms. The predicted molar refractivity (Wildman–Crippen MR) is 95.8 cm³/mol. The van der Waals surface area contributed by atoms with Gasteiger partial charge in [-0.25, -0.2) is 12.8 Å². The van der Waals surface area contributed by atoms with Crippen molar-refractivity contribution in [3.63, 3.8) is 0 Å². The van der Waals surface area contributed by atoms with Gasteiger partial charge in [0.15, 0.2) is 0 Å². The molecule has 134 valence electrons. The SMILES string of the molecule is COc1ccc(N2CCN(S(=O)(=O)Cc3ccc(F)cc3)CC2)cc1. The molecule has 0 aromatic heterocycles. The molecular weight excluding hydrogens is 343 g/mol. The topological polar surface area (TPSA) is 49.9 Å². The van der Waals surface area contributed by atoms with Gasteiger partial charge < -0.3 is 9.64 Å². The summed E-state index contributed by atoms with van der Waals surface area (Å²) in [7, 11) is -1.78. The average molecular weight is 364 g/mol. The molecule has 0 saturated carbocycles. The summed E-state index contributed by atoms with van der Waals surface area (Å²) in [6, 6.07) is 13.3. The van der Waals surface area contributed by atoms with Crippen molar-refractivity contribution >= 4 is 15.7 Å². The van der Waals surface area contributed by atoms with Gasteiger partial charge in [-0.3, -0.25) is 0 Å². The summed E-state index contributed by atoms with van der Waals surface area (Å²) in [6.45, 7) is 2.15. The minimum Gasteiger partial charge on any atom is -0.497 e. The largest absolute Gasteiger partial charge is 0.497 e. The van der Waals surface area contributed by atoms with Gasteiger partial charge in [-0.1, -0.05) is 12.1 Å². The second-order valence-corrected chi connectivity index (χ2v) is 7.94. The number of rotatable bonds is 5. The summed E-state index contributed by atoms with van der Waals surface area (Å²) in [6.07, 6.45) is 0. The molecule has 0 atom stereocenters. The molecule has 1 heterocycles. The predicted octanol–water partition coefficient (Wildman–Crippen LogP) is 2.49. The van der Waals surface area contributed by atoms with Gasteiger partial charge in [-0.15, -0.1) is 0 Å². The van der Waals surface area contributed by atoms with Crippen molar-refractivity contribution in [3.8, 4) is 5.75 Å². The third kappa shape index (κ3) is 4.29. The maximum Gasteiger partial charge on any atom is 0.218 e. The van der Waals surface area contributed by atoms with Crippen molar-refractivity contribution in [3.05, 3.63) is 59.9 Å². The molecule has 1 fully saturated rings. The zero-order valence-electron chi connectivity index (χ0n) is 14.1. The van der Waals surface area contributed by atoms with E-state index in [0.29, 0.717) is 31.7 Å². The molecule has 0 aliphatic carbocycles. The lowest BCUT2D eigenvalue weighted by molar-refractivity contribution is 0.384. The molecule has 0 bridgehead atoms. The quantitative estimate of drug-likeness (QED) is 0.818. The molecular formula is C18H21FN2O3S. The van der Waals surface area contributed by atoms with E-state index in [0.717, 1.165) is 11.4 Å². The van der Waals surface area contributed by atoms with Gasteiger partial charge in [0.1, 0.15) is 11.6 Å². The van der Waals surface area contributed by atoms with E-state index in [9.17, 15) is 12.8 Å². The Morgan fingerprint density at radius 2 is 1.56 bits per heavy atom. The first kappa shape index (κ1) is 17.7. The maximum absolute atomic E-state index is 13.0. The van der Waals surface area contributed by atoms with Gasteiger partial charge in [0, 0.05) is 31.9 Å². The fraction of sp³-hybridized carbons (Fsp3) is 0.333. The number of ether oxygens (including phenoxy) is 1. The number of anilines is 1. The highest BCUT2D eigenvalue weighted by atomic mass is 32.2. The minimum absolute atomic E-state index is 0.101. The molecule has 0 N–H and O–H groups in total. The van der Waals surface area contributed by atoms with Crippen LogP contribution in [0.4, 0.5) is 10.1 Å². The smallest absolute Gasteiger partial charge is 0.218 e. The Bertz CT molecular complexity index is 799. The molecule has 2 aromatic rings. The van der Waals surface area contributed by atoms with E-state index >= 15 is 0 Å². The Labute approximate surface area is 147 Å². The Hall–Kier alpha value is -2.12. The summed E-state index contributed by atoms with van der Waals surface area (Å²) in [5, 5.41) is 0. The highest BCUT2D eigenvalue weighted by molar-refractivity contribution is 7.88. The van der Waals surface area contributed by atoms with E-state index in [1.165, 1.54) is 28.6 Å². The number of sulfonamides is 1. The molecule has 5 nitrogen and oxygen atoms in total. The molecule has 2 aromatic carbocycles. The summed E-state index contributed by atoms with van der Waals surface area (Å²) in [5.74, 6) is 0.328. The monoisotopic (exact) mass is 364 g/mol. The van der Waals surface area contributed by atoms with Gasteiger partial charge in [0.05, 0.1) is 12.9 Å². The van der Waals surface area contributed by atoms with E-state index in [1.807, 2.05) is 24.3 Å². The van der Waals surface area contributed by atoms with E-state index in [1.54, 1.807) is 7.11 Å². The molecule has 3 rings (SSSR count). The van der Waals surface area contributed by atoms with Crippen molar-refractivity contribution < 1.29 is 17.5 Å². The van der Waals surface area contributed by atoms with Crippen molar-refractivity contribution in [2.45, 2.75) is 5.75 Å². The number of hydrogen-bond acceptors (Lipinski definition) is 4. The molecule has 1 aliphatic rings. The standard InChI is InChI=1S/C18H21FN2O3S/c1-24-18-8-6-17(7-9-18)20-10-12-21(13-11-20)25(22,23)14-15-2-4-16(19)5-3-15/h2-9H,10-14H2,1H3. The zero-order chi connectivity index (χ0) is 17.9. The summed E-state index contributed by atoms with van der Waals surface area (Å²) >= 11 is 0. The second kappa shape index (κ2) is 7.41. The van der Waals surface area contributed by atoms with E-state index in [2.05, 4.69) is 4.90 Å². The molecule has 7 heteroatoms. The fourth-order valence-electron chi connectivity index (χ4n) is 2.90. The lowest BCUT2D eigenvalue weighted by Crippen LogP contribution is -2.49. The third-order valence-electron chi connectivity index (χ3n) is 4.33. The molecule has 0 unspecified atom stereocenters. The van der Waals surface area contributed by atoms with Crippen LogP contribution in [0.25, 0.3) is 0 Å². The summed E-state index contributed by atoms with van der Waals surface area (Å²) < 4.78 is 44.7. The van der Waals surface area contributed by atoms with Crippen molar-refractivity contribution in [2.24, 2.45) is 0 Å². The van der Waals surface area contributed by atoms with Crippen LogP contribution in [-0.4, -0.2) is 46.0 Å². The van der Waals surface area contributed by atoms with Crippen LogP contribution in [0.2, 0.25) is 0 Å². The summed E-state index contributed by atoms with van der Waals surface area (Å²) in [4.78, 5) is 2.16. The first-order chi connectivity index (χ1) is 12.0. The number of benzene rings is 2.